The number of benzene rings is 2. The van der Waals surface area contributed by atoms with Crippen LogP contribution in [0.1, 0.15) is 13.8 Å². The van der Waals surface area contributed by atoms with Gasteiger partial charge in [0.25, 0.3) is 0 Å². The summed E-state index contributed by atoms with van der Waals surface area (Å²) >= 11 is 6.75. The second-order valence-corrected chi connectivity index (χ2v) is 8.90. The van der Waals surface area contributed by atoms with E-state index in [1.807, 2.05) is 19.2 Å². The van der Waals surface area contributed by atoms with Crippen molar-refractivity contribution in [1.82, 2.24) is 24.9 Å². The first-order valence-electron chi connectivity index (χ1n) is 10.4. The van der Waals surface area contributed by atoms with E-state index < -0.39 is 0 Å². The third-order valence-electron chi connectivity index (χ3n) is 5.75. The summed E-state index contributed by atoms with van der Waals surface area (Å²) in [5.74, 6) is 0.218. The van der Waals surface area contributed by atoms with Crippen LogP contribution in [0.25, 0.3) is 21.8 Å². The molecule has 4 aromatic rings. The SMILES string of the molecule is C[C@H]1CN(c2cc(Cl)c3c(Nc4cc(F)c5nn(C)cc5c4)nn(C)c3c2)C[C@H](C)N1. The second-order valence-electron chi connectivity index (χ2n) is 8.49. The van der Waals surface area contributed by atoms with Crippen molar-refractivity contribution in [2.24, 2.45) is 14.1 Å². The fraction of sp³-hybridized carbons (Fsp3) is 0.364. The van der Waals surface area contributed by atoms with Crippen molar-refractivity contribution in [3.8, 4) is 0 Å². The van der Waals surface area contributed by atoms with Gasteiger partial charge >= 0.3 is 0 Å². The van der Waals surface area contributed by atoms with E-state index in [0.717, 1.165) is 35.1 Å². The molecule has 0 unspecified atom stereocenters. The topological polar surface area (TPSA) is 62.9 Å². The van der Waals surface area contributed by atoms with Gasteiger partial charge in [0.2, 0.25) is 0 Å². The summed E-state index contributed by atoms with van der Waals surface area (Å²) in [7, 11) is 3.66. The van der Waals surface area contributed by atoms with Crippen LogP contribution in [0.2, 0.25) is 5.02 Å². The summed E-state index contributed by atoms with van der Waals surface area (Å²) in [5, 5.41) is 17.7. The first-order valence-corrected chi connectivity index (χ1v) is 10.7. The second kappa shape index (κ2) is 7.39. The quantitative estimate of drug-likeness (QED) is 0.499. The largest absolute Gasteiger partial charge is 0.368 e. The zero-order chi connectivity index (χ0) is 21.9. The Labute approximate surface area is 184 Å². The number of aryl methyl sites for hydroxylation is 2. The lowest BCUT2D eigenvalue weighted by Crippen LogP contribution is -2.54. The van der Waals surface area contributed by atoms with E-state index in [-0.39, 0.29) is 5.82 Å². The van der Waals surface area contributed by atoms with E-state index >= 15 is 0 Å². The number of aromatic nitrogens is 4. The number of fused-ring (bicyclic) bond motifs is 2. The fourth-order valence-electron chi connectivity index (χ4n) is 4.55. The van der Waals surface area contributed by atoms with Gasteiger partial charge in [-0.2, -0.15) is 10.2 Å². The minimum Gasteiger partial charge on any atom is -0.368 e. The van der Waals surface area contributed by atoms with Crippen molar-refractivity contribution in [1.29, 1.82) is 0 Å². The van der Waals surface area contributed by atoms with Gasteiger partial charge in [0.15, 0.2) is 11.6 Å². The number of piperazine rings is 1. The van der Waals surface area contributed by atoms with Crippen LogP contribution < -0.4 is 15.5 Å². The molecule has 0 saturated carbocycles. The number of nitrogens with zero attached hydrogens (tertiary/aromatic N) is 5. The average Bonchev–Trinajstić information content (AvgIpc) is 3.21. The number of nitrogens with one attached hydrogen (secondary N) is 2. The highest BCUT2D eigenvalue weighted by molar-refractivity contribution is 6.37. The zero-order valence-electron chi connectivity index (χ0n) is 17.9. The molecule has 31 heavy (non-hydrogen) atoms. The van der Waals surface area contributed by atoms with Gasteiger partial charge < -0.3 is 15.5 Å². The van der Waals surface area contributed by atoms with Crippen LogP contribution in [0, 0.1) is 5.82 Å². The molecule has 1 saturated heterocycles. The molecular weight excluding hydrogens is 417 g/mol. The minimum absolute atomic E-state index is 0.348. The normalized spacial score (nSPS) is 19.5. The zero-order valence-corrected chi connectivity index (χ0v) is 18.7. The molecule has 0 amide bonds. The first kappa shape index (κ1) is 20.1. The molecule has 162 valence electrons. The van der Waals surface area contributed by atoms with E-state index in [1.54, 1.807) is 22.6 Å². The Hall–Kier alpha value is -2.84. The molecule has 0 spiro atoms. The Morgan fingerprint density at radius 2 is 1.84 bits per heavy atom. The molecule has 2 aromatic carbocycles. The van der Waals surface area contributed by atoms with Gasteiger partial charge in [-0.3, -0.25) is 9.36 Å². The van der Waals surface area contributed by atoms with Crippen molar-refractivity contribution in [2.75, 3.05) is 23.3 Å². The Morgan fingerprint density at radius 3 is 2.58 bits per heavy atom. The smallest absolute Gasteiger partial charge is 0.161 e. The van der Waals surface area contributed by atoms with Gasteiger partial charge in [-0.25, -0.2) is 4.39 Å². The Bertz CT molecular complexity index is 1280. The molecular formula is C22H25ClFN7. The highest BCUT2D eigenvalue weighted by atomic mass is 35.5. The van der Waals surface area contributed by atoms with Crippen molar-refractivity contribution in [3.05, 3.63) is 41.3 Å². The summed E-state index contributed by atoms with van der Waals surface area (Å²) in [5.41, 5.74) is 2.95. The first-order chi connectivity index (χ1) is 14.8. The lowest BCUT2D eigenvalue weighted by molar-refractivity contribution is 0.407. The molecule has 2 N–H and O–H groups in total. The van der Waals surface area contributed by atoms with Crippen LogP contribution in [0.5, 0.6) is 0 Å². The molecule has 5 rings (SSSR count). The molecule has 1 aliphatic rings. The molecule has 0 bridgehead atoms. The molecule has 0 aliphatic carbocycles. The van der Waals surface area contributed by atoms with Gasteiger partial charge in [0.1, 0.15) is 5.52 Å². The molecule has 0 radical (unpaired) electrons. The van der Waals surface area contributed by atoms with Gasteiger partial charge in [-0.15, -0.1) is 0 Å². The number of rotatable bonds is 3. The van der Waals surface area contributed by atoms with Crippen molar-refractivity contribution in [2.45, 2.75) is 25.9 Å². The molecule has 2 atom stereocenters. The van der Waals surface area contributed by atoms with Crippen LogP contribution in [0.15, 0.2) is 30.5 Å². The Balaban J connectivity index is 1.53. The van der Waals surface area contributed by atoms with Crippen LogP contribution in [-0.4, -0.2) is 44.7 Å². The Morgan fingerprint density at radius 1 is 1.10 bits per heavy atom. The maximum Gasteiger partial charge on any atom is 0.161 e. The highest BCUT2D eigenvalue weighted by Gasteiger charge is 2.23. The van der Waals surface area contributed by atoms with E-state index in [0.29, 0.717) is 34.1 Å². The summed E-state index contributed by atoms with van der Waals surface area (Å²) in [6.45, 7) is 6.21. The van der Waals surface area contributed by atoms with Gasteiger partial charge in [-0.1, -0.05) is 11.6 Å². The lowest BCUT2D eigenvalue weighted by Gasteiger charge is -2.37. The molecule has 1 aliphatic heterocycles. The molecule has 9 heteroatoms. The summed E-state index contributed by atoms with van der Waals surface area (Å²) in [6, 6.07) is 8.21. The maximum atomic E-state index is 14.5. The molecule has 1 fully saturated rings. The Kier molecular flexibility index (Phi) is 4.79. The van der Waals surface area contributed by atoms with Crippen LogP contribution in [0.3, 0.4) is 0 Å². The molecule has 3 heterocycles. The van der Waals surface area contributed by atoms with Crippen LogP contribution in [0.4, 0.5) is 21.6 Å². The van der Waals surface area contributed by atoms with Crippen molar-refractivity contribution in [3.63, 3.8) is 0 Å². The van der Waals surface area contributed by atoms with Gasteiger partial charge in [-0.05, 0) is 38.1 Å². The minimum atomic E-state index is -0.379. The van der Waals surface area contributed by atoms with E-state index in [9.17, 15) is 4.39 Å². The summed E-state index contributed by atoms with van der Waals surface area (Å²) < 4.78 is 17.9. The van der Waals surface area contributed by atoms with Crippen LogP contribution >= 0.6 is 11.6 Å². The fourth-order valence-corrected chi connectivity index (χ4v) is 4.85. The number of hydrogen-bond donors (Lipinski definition) is 2. The van der Waals surface area contributed by atoms with E-state index in [1.165, 1.54) is 6.07 Å². The number of hydrogen-bond acceptors (Lipinski definition) is 5. The highest BCUT2D eigenvalue weighted by Crippen LogP contribution is 2.36. The predicted molar refractivity (Wildman–Crippen MR) is 124 cm³/mol. The van der Waals surface area contributed by atoms with E-state index in [2.05, 4.69) is 45.6 Å². The molecule has 7 nitrogen and oxygen atoms in total. The predicted octanol–water partition coefficient (Wildman–Crippen LogP) is 4.18. The number of halogens is 2. The van der Waals surface area contributed by atoms with Crippen molar-refractivity contribution < 1.29 is 4.39 Å². The monoisotopic (exact) mass is 441 g/mol. The lowest BCUT2D eigenvalue weighted by atomic mass is 10.1. The van der Waals surface area contributed by atoms with Gasteiger partial charge in [0, 0.05) is 62.2 Å². The van der Waals surface area contributed by atoms with Gasteiger partial charge in [0.05, 0.1) is 15.9 Å². The molecule has 2 aromatic heterocycles. The summed E-state index contributed by atoms with van der Waals surface area (Å²) in [6.07, 6.45) is 1.79. The van der Waals surface area contributed by atoms with Crippen LogP contribution in [-0.2, 0) is 14.1 Å². The summed E-state index contributed by atoms with van der Waals surface area (Å²) in [4.78, 5) is 2.35. The van der Waals surface area contributed by atoms with E-state index in [4.69, 9.17) is 11.6 Å². The number of anilines is 3. The third-order valence-corrected chi connectivity index (χ3v) is 6.05. The maximum absolute atomic E-state index is 14.5. The average molecular weight is 442 g/mol. The standard InChI is InChI=1S/C22H25ClFN7/c1-12-9-31(10-13(2)25-12)16-7-17(23)20-19(8-16)30(4)28-22(20)26-15-5-14-11-29(3)27-21(14)18(24)6-15/h5-8,11-13,25H,9-10H2,1-4H3,(H,26,28)/t12-,13-/m0/s1. The third kappa shape index (κ3) is 3.59. The van der Waals surface area contributed by atoms with Crippen molar-refractivity contribution >= 4 is 50.6 Å².